The molecule has 2 rings (SSSR count). The van der Waals surface area contributed by atoms with E-state index in [1.165, 1.54) is 0 Å². The molecular weight excluding hydrogens is 264 g/mol. The molecule has 0 fully saturated rings. The quantitative estimate of drug-likeness (QED) is 0.849. The van der Waals surface area contributed by atoms with E-state index in [1.54, 1.807) is 43.5 Å². The SMILES string of the molecule is COc1ccc(C(=O)Nc2ccccc2N)cc1.Cl. The molecule has 100 valence electrons. The van der Waals surface area contributed by atoms with E-state index in [2.05, 4.69) is 5.32 Å². The number of hydrogen-bond donors (Lipinski definition) is 2. The number of carbonyl (C=O) groups excluding carboxylic acids is 1. The van der Waals surface area contributed by atoms with Crippen molar-refractivity contribution < 1.29 is 9.53 Å². The maximum absolute atomic E-state index is 12.0. The molecule has 2 aromatic rings. The summed E-state index contributed by atoms with van der Waals surface area (Å²) in [7, 11) is 1.58. The van der Waals surface area contributed by atoms with Gasteiger partial charge in [0.15, 0.2) is 0 Å². The lowest BCUT2D eigenvalue weighted by Gasteiger charge is -2.08. The molecule has 0 heterocycles. The van der Waals surface area contributed by atoms with E-state index in [9.17, 15) is 4.79 Å². The zero-order valence-corrected chi connectivity index (χ0v) is 11.2. The Hall–Kier alpha value is -2.20. The number of amides is 1. The van der Waals surface area contributed by atoms with E-state index in [-0.39, 0.29) is 18.3 Å². The third-order valence-electron chi connectivity index (χ3n) is 2.56. The minimum Gasteiger partial charge on any atom is -0.497 e. The van der Waals surface area contributed by atoms with Crippen LogP contribution in [0.3, 0.4) is 0 Å². The summed E-state index contributed by atoms with van der Waals surface area (Å²) in [6.07, 6.45) is 0. The highest BCUT2D eigenvalue weighted by molar-refractivity contribution is 6.05. The Kier molecular flexibility index (Phi) is 5.21. The topological polar surface area (TPSA) is 64.3 Å². The molecule has 0 atom stereocenters. The van der Waals surface area contributed by atoms with E-state index in [0.29, 0.717) is 22.7 Å². The Labute approximate surface area is 118 Å². The first-order valence-corrected chi connectivity index (χ1v) is 5.50. The van der Waals surface area contributed by atoms with Crippen LogP contribution in [0.4, 0.5) is 11.4 Å². The van der Waals surface area contributed by atoms with Crippen LogP contribution in [-0.2, 0) is 0 Å². The number of ether oxygens (including phenoxy) is 1. The fourth-order valence-corrected chi connectivity index (χ4v) is 1.55. The molecule has 0 aliphatic heterocycles. The van der Waals surface area contributed by atoms with Gasteiger partial charge in [-0.3, -0.25) is 4.79 Å². The highest BCUT2D eigenvalue weighted by Gasteiger charge is 2.07. The number of nitrogens with one attached hydrogen (secondary N) is 1. The normalized spacial score (nSPS) is 9.32. The molecule has 4 nitrogen and oxygen atoms in total. The molecule has 0 spiro atoms. The molecule has 0 aliphatic carbocycles. The third kappa shape index (κ3) is 3.63. The number of rotatable bonds is 3. The van der Waals surface area contributed by atoms with Crippen LogP contribution >= 0.6 is 12.4 Å². The van der Waals surface area contributed by atoms with E-state index in [1.807, 2.05) is 12.1 Å². The molecule has 1 amide bonds. The Balaban J connectivity index is 0.00000180. The average molecular weight is 279 g/mol. The molecule has 2 aromatic carbocycles. The second-order valence-corrected chi connectivity index (χ2v) is 3.77. The average Bonchev–Trinajstić information content (AvgIpc) is 2.41. The van der Waals surface area contributed by atoms with Crippen LogP contribution in [0.5, 0.6) is 5.75 Å². The zero-order chi connectivity index (χ0) is 13.0. The number of para-hydroxylation sites is 2. The van der Waals surface area contributed by atoms with Crippen molar-refractivity contribution in [1.29, 1.82) is 0 Å². The molecule has 0 aliphatic rings. The Morgan fingerprint density at radius 2 is 1.74 bits per heavy atom. The van der Waals surface area contributed by atoms with Gasteiger partial charge in [-0.1, -0.05) is 12.1 Å². The van der Waals surface area contributed by atoms with E-state index >= 15 is 0 Å². The fraction of sp³-hybridized carbons (Fsp3) is 0.0714. The monoisotopic (exact) mass is 278 g/mol. The van der Waals surface area contributed by atoms with Crippen molar-refractivity contribution in [2.75, 3.05) is 18.2 Å². The van der Waals surface area contributed by atoms with E-state index in [4.69, 9.17) is 10.5 Å². The lowest BCUT2D eigenvalue weighted by Crippen LogP contribution is -2.12. The predicted octanol–water partition coefficient (Wildman–Crippen LogP) is 2.95. The van der Waals surface area contributed by atoms with Gasteiger partial charge in [0.25, 0.3) is 5.91 Å². The standard InChI is InChI=1S/C14H14N2O2.ClH/c1-18-11-8-6-10(7-9-11)14(17)16-13-5-3-2-4-12(13)15;/h2-9H,15H2,1H3,(H,16,17);1H. The number of nitrogens with two attached hydrogens (primary N) is 1. The molecule has 3 N–H and O–H groups in total. The van der Waals surface area contributed by atoms with Gasteiger partial charge in [0.2, 0.25) is 0 Å². The van der Waals surface area contributed by atoms with Gasteiger partial charge in [-0.15, -0.1) is 12.4 Å². The Bertz CT molecular complexity index is 556. The smallest absolute Gasteiger partial charge is 0.255 e. The van der Waals surface area contributed by atoms with Crippen molar-refractivity contribution >= 4 is 29.7 Å². The predicted molar refractivity (Wildman–Crippen MR) is 79.0 cm³/mol. The van der Waals surface area contributed by atoms with Gasteiger partial charge in [0, 0.05) is 5.56 Å². The third-order valence-corrected chi connectivity index (χ3v) is 2.56. The molecule has 19 heavy (non-hydrogen) atoms. The number of methoxy groups -OCH3 is 1. The van der Waals surface area contributed by atoms with Gasteiger partial charge in [-0.25, -0.2) is 0 Å². The van der Waals surface area contributed by atoms with Gasteiger partial charge in [-0.2, -0.15) is 0 Å². The van der Waals surface area contributed by atoms with Crippen molar-refractivity contribution in [3.8, 4) is 5.75 Å². The second kappa shape index (κ2) is 6.66. The van der Waals surface area contributed by atoms with Gasteiger partial charge in [0.05, 0.1) is 18.5 Å². The molecular formula is C14H15ClN2O2. The lowest BCUT2D eigenvalue weighted by atomic mass is 10.2. The highest BCUT2D eigenvalue weighted by Crippen LogP contribution is 2.18. The maximum Gasteiger partial charge on any atom is 0.255 e. The van der Waals surface area contributed by atoms with Gasteiger partial charge >= 0.3 is 0 Å². The second-order valence-electron chi connectivity index (χ2n) is 3.77. The summed E-state index contributed by atoms with van der Waals surface area (Å²) in [5, 5.41) is 2.76. The van der Waals surface area contributed by atoms with Crippen LogP contribution in [0.2, 0.25) is 0 Å². The van der Waals surface area contributed by atoms with Crippen molar-refractivity contribution in [3.63, 3.8) is 0 Å². The Morgan fingerprint density at radius 1 is 1.11 bits per heavy atom. The number of benzene rings is 2. The van der Waals surface area contributed by atoms with Crippen LogP contribution in [-0.4, -0.2) is 13.0 Å². The summed E-state index contributed by atoms with van der Waals surface area (Å²) in [6.45, 7) is 0. The summed E-state index contributed by atoms with van der Waals surface area (Å²) in [5.41, 5.74) is 7.46. The number of anilines is 2. The van der Waals surface area contributed by atoms with Crippen molar-refractivity contribution in [3.05, 3.63) is 54.1 Å². The number of carbonyl (C=O) groups is 1. The lowest BCUT2D eigenvalue weighted by molar-refractivity contribution is 0.102. The van der Waals surface area contributed by atoms with Gasteiger partial charge in [-0.05, 0) is 36.4 Å². The minimum atomic E-state index is -0.199. The van der Waals surface area contributed by atoms with Crippen molar-refractivity contribution in [2.24, 2.45) is 0 Å². The summed E-state index contributed by atoms with van der Waals surface area (Å²) < 4.78 is 5.03. The highest BCUT2D eigenvalue weighted by atomic mass is 35.5. The fourth-order valence-electron chi connectivity index (χ4n) is 1.55. The van der Waals surface area contributed by atoms with Gasteiger partial charge in [0.1, 0.15) is 5.75 Å². The van der Waals surface area contributed by atoms with Crippen molar-refractivity contribution in [2.45, 2.75) is 0 Å². The number of nitrogen functional groups attached to an aromatic ring is 1. The molecule has 0 aromatic heterocycles. The van der Waals surface area contributed by atoms with Crippen LogP contribution in [0.15, 0.2) is 48.5 Å². The largest absolute Gasteiger partial charge is 0.497 e. The molecule has 0 radical (unpaired) electrons. The number of hydrogen-bond acceptors (Lipinski definition) is 3. The molecule has 5 heteroatoms. The molecule has 0 unspecified atom stereocenters. The summed E-state index contributed by atoms with van der Waals surface area (Å²) >= 11 is 0. The van der Waals surface area contributed by atoms with E-state index in [0.717, 1.165) is 0 Å². The number of halogens is 1. The van der Waals surface area contributed by atoms with Crippen molar-refractivity contribution in [1.82, 2.24) is 0 Å². The first-order valence-electron chi connectivity index (χ1n) is 5.50. The summed E-state index contributed by atoms with van der Waals surface area (Å²) in [5.74, 6) is 0.515. The summed E-state index contributed by atoms with van der Waals surface area (Å²) in [6, 6.07) is 14.0. The summed E-state index contributed by atoms with van der Waals surface area (Å²) in [4.78, 5) is 12.0. The van der Waals surface area contributed by atoms with Crippen LogP contribution in [0, 0.1) is 0 Å². The van der Waals surface area contributed by atoms with E-state index < -0.39 is 0 Å². The van der Waals surface area contributed by atoms with Crippen LogP contribution in [0.25, 0.3) is 0 Å². The molecule has 0 saturated heterocycles. The molecule has 0 bridgehead atoms. The minimum absolute atomic E-state index is 0. The maximum atomic E-state index is 12.0. The Morgan fingerprint density at radius 3 is 2.32 bits per heavy atom. The first-order chi connectivity index (χ1) is 8.70. The zero-order valence-electron chi connectivity index (χ0n) is 10.4. The first kappa shape index (κ1) is 14.9. The van der Waals surface area contributed by atoms with Gasteiger partial charge < -0.3 is 15.8 Å². The van der Waals surface area contributed by atoms with Crippen LogP contribution < -0.4 is 15.8 Å². The van der Waals surface area contributed by atoms with Crippen LogP contribution in [0.1, 0.15) is 10.4 Å². The molecule has 0 saturated carbocycles.